The van der Waals surface area contributed by atoms with Crippen LogP contribution in [0.4, 0.5) is 11.5 Å². The first kappa shape index (κ1) is 16.5. The van der Waals surface area contributed by atoms with Crippen molar-refractivity contribution in [3.8, 4) is 0 Å². The first-order chi connectivity index (χ1) is 11.4. The molecule has 1 N–H and O–H groups in total. The van der Waals surface area contributed by atoms with Crippen LogP contribution in [0.3, 0.4) is 0 Å². The number of hydrogen-bond acceptors (Lipinski definition) is 3. The molecule has 0 spiro atoms. The van der Waals surface area contributed by atoms with Gasteiger partial charge in [0.25, 0.3) is 5.91 Å². The Bertz CT molecular complexity index is 693. The molecule has 0 saturated carbocycles. The summed E-state index contributed by atoms with van der Waals surface area (Å²) < 4.78 is 0. The number of amides is 1. The van der Waals surface area contributed by atoms with Crippen molar-refractivity contribution in [1.29, 1.82) is 0 Å². The predicted octanol–water partition coefficient (Wildman–Crippen LogP) is 4.23. The smallest absolute Gasteiger partial charge is 0.256 e. The number of carbonyl (C=O) groups is 1. The molecule has 1 aliphatic rings. The zero-order chi connectivity index (χ0) is 17.2. The molecule has 3 rings (SSSR count). The van der Waals surface area contributed by atoms with Crippen LogP contribution < -0.4 is 10.2 Å². The van der Waals surface area contributed by atoms with E-state index in [2.05, 4.69) is 36.0 Å². The first-order valence-corrected chi connectivity index (χ1v) is 8.56. The van der Waals surface area contributed by atoms with Crippen LogP contribution in [0.1, 0.15) is 49.5 Å². The zero-order valence-corrected chi connectivity index (χ0v) is 14.7. The minimum absolute atomic E-state index is 0.0853. The van der Waals surface area contributed by atoms with Gasteiger partial charge in [0.1, 0.15) is 5.82 Å². The standard InChI is InChI=1S/C20H25N3O/c1-20(2,3)16-8-6-15(7-9-16)19(24)22-18-11-10-17(14-21-18)23-12-4-5-13-23/h6-11,14H,4-5,12-13H2,1-3H3,(H,21,22,24). The number of rotatable bonds is 3. The molecule has 1 aliphatic heterocycles. The van der Waals surface area contributed by atoms with E-state index in [1.807, 2.05) is 42.6 Å². The molecule has 0 bridgehead atoms. The summed E-state index contributed by atoms with van der Waals surface area (Å²) in [5, 5.41) is 2.87. The molecular weight excluding hydrogens is 298 g/mol. The summed E-state index contributed by atoms with van der Waals surface area (Å²) in [5.74, 6) is 0.458. The van der Waals surface area contributed by atoms with Gasteiger partial charge in [0.15, 0.2) is 0 Å². The lowest BCUT2D eigenvalue weighted by atomic mass is 9.87. The molecule has 1 saturated heterocycles. The maximum absolute atomic E-state index is 12.4. The molecule has 126 valence electrons. The summed E-state index contributed by atoms with van der Waals surface area (Å²) >= 11 is 0. The van der Waals surface area contributed by atoms with Gasteiger partial charge in [-0.3, -0.25) is 4.79 Å². The van der Waals surface area contributed by atoms with Crippen molar-refractivity contribution < 1.29 is 4.79 Å². The minimum atomic E-state index is -0.128. The van der Waals surface area contributed by atoms with Gasteiger partial charge in [0, 0.05) is 18.7 Å². The highest BCUT2D eigenvalue weighted by atomic mass is 16.1. The van der Waals surface area contributed by atoms with E-state index in [9.17, 15) is 4.79 Å². The van der Waals surface area contributed by atoms with Gasteiger partial charge < -0.3 is 10.2 Å². The molecule has 0 aliphatic carbocycles. The summed E-state index contributed by atoms with van der Waals surface area (Å²) in [7, 11) is 0. The number of benzene rings is 1. The van der Waals surface area contributed by atoms with Crippen molar-refractivity contribution in [2.24, 2.45) is 0 Å². The van der Waals surface area contributed by atoms with Crippen molar-refractivity contribution in [2.45, 2.75) is 39.0 Å². The van der Waals surface area contributed by atoms with E-state index in [4.69, 9.17) is 0 Å². The van der Waals surface area contributed by atoms with E-state index < -0.39 is 0 Å². The number of pyridine rings is 1. The molecule has 1 aromatic carbocycles. The molecule has 4 nitrogen and oxygen atoms in total. The Labute approximate surface area is 143 Å². The molecular formula is C20H25N3O. The highest BCUT2D eigenvalue weighted by molar-refractivity contribution is 6.03. The Morgan fingerprint density at radius 3 is 2.25 bits per heavy atom. The van der Waals surface area contributed by atoms with Crippen LogP contribution in [0, 0.1) is 0 Å². The van der Waals surface area contributed by atoms with Crippen LogP contribution in [-0.4, -0.2) is 24.0 Å². The number of carbonyl (C=O) groups excluding carboxylic acids is 1. The predicted molar refractivity (Wildman–Crippen MR) is 98.8 cm³/mol. The van der Waals surface area contributed by atoms with E-state index in [1.54, 1.807) is 0 Å². The summed E-state index contributed by atoms with van der Waals surface area (Å²) in [4.78, 5) is 19.0. The molecule has 4 heteroatoms. The number of nitrogens with zero attached hydrogens (tertiary/aromatic N) is 2. The van der Waals surface area contributed by atoms with Gasteiger partial charge in [-0.2, -0.15) is 0 Å². The Morgan fingerprint density at radius 2 is 1.71 bits per heavy atom. The van der Waals surface area contributed by atoms with Gasteiger partial charge in [0.05, 0.1) is 11.9 Å². The first-order valence-electron chi connectivity index (χ1n) is 8.56. The van der Waals surface area contributed by atoms with Gasteiger partial charge in [0.2, 0.25) is 0 Å². The van der Waals surface area contributed by atoms with Gasteiger partial charge in [-0.25, -0.2) is 4.98 Å². The third-order valence-corrected chi connectivity index (χ3v) is 4.47. The number of aromatic nitrogens is 1. The summed E-state index contributed by atoms with van der Waals surface area (Å²) in [6, 6.07) is 11.7. The highest BCUT2D eigenvalue weighted by Gasteiger charge is 2.15. The molecule has 1 amide bonds. The van der Waals surface area contributed by atoms with E-state index >= 15 is 0 Å². The van der Waals surface area contributed by atoms with Crippen LogP contribution in [0.25, 0.3) is 0 Å². The van der Waals surface area contributed by atoms with Crippen LogP contribution in [0.15, 0.2) is 42.6 Å². The summed E-state index contributed by atoms with van der Waals surface area (Å²) in [5.41, 5.74) is 3.07. The highest BCUT2D eigenvalue weighted by Crippen LogP contribution is 2.23. The van der Waals surface area contributed by atoms with Crippen molar-refractivity contribution in [3.05, 3.63) is 53.7 Å². The van der Waals surface area contributed by atoms with Crippen molar-refractivity contribution in [3.63, 3.8) is 0 Å². The molecule has 24 heavy (non-hydrogen) atoms. The second-order valence-corrected chi connectivity index (χ2v) is 7.38. The van der Waals surface area contributed by atoms with E-state index in [-0.39, 0.29) is 11.3 Å². The lowest BCUT2D eigenvalue weighted by Crippen LogP contribution is -2.18. The molecule has 1 fully saturated rings. The maximum atomic E-state index is 12.4. The van der Waals surface area contributed by atoms with Crippen molar-refractivity contribution in [2.75, 3.05) is 23.3 Å². The molecule has 1 aromatic heterocycles. The molecule has 2 aromatic rings. The van der Waals surface area contributed by atoms with Gasteiger partial charge in [-0.15, -0.1) is 0 Å². The zero-order valence-electron chi connectivity index (χ0n) is 14.7. The van der Waals surface area contributed by atoms with Crippen LogP contribution in [0.5, 0.6) is 0 Å². The fourth-order valence-electron chi connectivity index (χ4n) is 2.93. The molecule has 0 unspecified atom stereocenters. The monoisotopic (exact) mass is 323 g/mol. The van der Waals surface area contributed by atoms with E-state index in [0.717, 1.165) is 18.8 Å². The topological polar surface area (TPSA) is 45.2 Å². The average Bonchev–Trinajstić information content (AvgIpc) is 3.09. The molecule has 0 atom stereocenters. The van der Waals surface area contributed by atoms with Gasteiger partial charge in [-0.1, -0.05) is 32.9 Å². The number of anilines is 2. The average molecular weight is 323 g/mol. The SMILES string of the molecule is CC(C)(C)c1ccc(C(=O)Nc2ccc(N3CCCC3)cn2)cc1. The third-order valence-electron chi connectivity index (χ3n) is 4.47. The van der Waals surface area contributed by atoms with Gasteiger partial charge in [-0.05, 0) is 48.1 Å². The van der Waals surface area contributed by atoms with Crippen LogP contribution >= 0.6 is 0 Å². The Morgan fingerprint density at radius 1 is 1.04 bits per heavy atom. The van der Waals surface area contributed by atoms with Crippen molar-refractivity contribution in [1.82, 2.24) is 4.98 Å². The third kappa shape index (κ3) is 3.75. The van der Waals surface area contributed by atoms with E-state index in [0.29, 0.717) is 11.4 Å². The summed E-state index contributed by atoms with van der Waals surface area (Å²) in [6.07, 6.45) is 4.32. The number of nitrogens with one attached hydrogen (secondary N) is 1. The number of hydrogen-bond donors (Lipinski definition) is 1. The van der Waals surface area contributed by atoms with E-state index in [1.165, 1.54) is 18.4 Å². The minimum Gasteiger partial charge on any atom is -0.370 e. The van der Waals surface area contributed by atoms with Crippen LogP contribution in [0.2, 0.25) is 0 Å². The second-order valence-electron chi connectivity index (χ2n) is 7.38. The Balaban J connectivity index is 1.66. The lowest BCUT2D eigenvalue weighted by Gasteiger charge is -2.19. The summed E-state index contributed by atoms with van der Waals surface area (Å²) in [6.45, 7) is 8.66. The fraction of sp³-hybridized carbons (Fsp3) is 0.400. The Hall–Kier alpha value is -2.36. The molecule has 0 radical (unpaired) electrons. The second kappa shape index (κ2) is 6.63. The normalized spacial score (nSPS) is 14.7. The lowest BCUT2D eigenvalue weighted by molar-refractivity contribution is 0.102. The quantitative estimate of drug-likeness (QED) is 0.919. The van der Waals surface area contributed by atoms with Crippen molar-refractivity contribution >= 4 is 17.4 Å². The van der Waals surface area contributed by atoms with Gasteiger partial charge >= 0.3 is 0 Å². The molecule has 2 heterocycles. The Kier molecular flexibility index (Phi) is 4.56. The van der Waals surface area contributed by atoms with Crippen LogP contribution in [-0.2, 0) is 5.41 Å². The maximum Gasteiger partial charge on any atom is 0.256 e. The fourth-order valence-corrected chi connectivity index (χ4v) is 2.93. The largest absolute Gasteiger partial charge is 0.370 e.